The third-order valence-electron chi connectivity index (χ3n) is 5.31. The predicted octanol–water partition coefficient (Wildman–Crippen LogP) is 3.56. The van der Waals surface area contributed by atoms with Gasteiger partial charge in [0, 0.05) is 12.6 Å². The Morgan fingerprint density at radius 3 is 3.00 bits per heavy atom. The molecule has 0 spiro atoms. The number of likely N-dealkylation sites (N-methyl/N-ethyl adjacent to an activating group) is 1. The lowest BCUT2D eigenvalue weighted by molar-refractivity contribution is 0.277. The molecule has 1 N–H and O–H groups in total. The van der Waals surface area contributed by atoms with Crippen molar-refractivity contribution in [3.05, 3.63) is 41.5 Å². The lowest BCUT2D eigenvalue weighted by Crippen LogP contribution is -2.34. The summed E-state index contributed by atoms with van der Waals surface area (Å²) in [6.07, 6.45) is 2.51. The van der Waals surface area contributed by atoms with Crippen LogP contribution in [-0.2, 0) is 0 Å². The van der Waals surface area contributed by atoms with E-state index in [1.807, 2.05) is 25.1 Å². The summed E-state index contributed by atoms with van der Waals surface area (Å²) in [6.45, 7) is 7.42. The summed E-state index contributed by atoms with van der Waals surface area (Å²) in [6, 6.07) is 13.0. The van der Waals surface area contributed by atoms with Crippen molar-refractivity contribution in [2.75, 3.05) is 25.0 Å². The highest BCUT2D eigenvalue weighted by Crippen LogP contribution is 2.27. The smallest absolute Gasteiger partial charge is 0.157 e. The zero-order valence-electron chi connectivity index (χ0n) is 14.8. The number of hydrogen-bond acceptors (Lipinski definition) is 4. The molecule has 128 valence electrons. The van der Waals surface area contributed by atoms with E-state index >= 15 is 0 Å². The normalized spacial score (nSPS) is 18.0. The monoisotopic (exact) mass is 333 g/mol. The van der Waals surface area contributed by atoms with Crippen molar-refractivity contribution in [2.24, 2.45) is 0 Å². The van der Waals surface area contributed by atoms with Crippen LogP contribution in [0.2, 0.25) is 0 Å². The molecular formula is C20H23N5. The number of fused-ring (bicyclic) bond motifs is 3. The molecule has 5 nitrogen and oxygen atoms in total. The minimum absolute atomic E-state index is 0.575. The number of nitrogens with one attached hydrogen (secondary N) is 1. The standard InChI is InChI=1S/C20H23N5/c1-3-24-10-6-7-15(24)13-22-19-11-14(2)16(12-21)20-23-17-8-4-5-9-18(17)25(19)20/h4-5,8-9,11,15,22H,3,6-7,10,13H2,1-2H3/t15-/m0/s1. The molecule has 1 saturated heterocycles. The van der Waals surface area contributed by atoms with Crippen LogP contribution in [0.5, 0.6) is 0 Å². The molecule has 3 heterocycles. The van der Waals surface area contributed by atoms with Crippen molar-refractivity contribution in [3.8, 4) is 6.07 Å². The Morgan fingerprint density at radius 1 is 1.36 bits per heavy atom. The number of aromatic nitrogens is 2. The summed E-state index contributed by atoms with van der Waals surface area (Å²) >= 11 is 0. The van der Waals surface area contributed by atoms with Gasteiger partial charge in [0.2, 0.25) is 0 Å². The van der Waals surface area contributed by atoms with Gasteiger partial charge in [-0.3, -0.25) is 9.30 Å². The number of pyridine rings is 1. The van der Waals surface area contributed by atoms with E-state index in [-0.39, 0.29) is 0 Å². The first-order valence-electron chi connectivity index (χ1n) is 9.01. The molecule has 1 aliphatic rings. The van der Waals surface area contributed by atoms with E-state index < -0.39 is 0 Å². The Hall–Kier alpha value is -2.58. The molecule has 1 atom stereocenters. The van der Waals surface area contributed by atoms with Crippen LogP contribution in [0, 0.1) is 18.3 Å². The fourth-order valence-corrected chi connectivity index (χ4v) is 3.99. The molecule has 2 aromatic heterocycles. The molecule has 0 bridgehead atoms. The number of nitrogens with zero attached hydrogens (tertiary/aromatic N) is 4. The highest BCUT2D eigenvalue weighted by atomic mass is 15.2. The molecule has 3 aromatic rings. The Kier molecular flexibility index (Phi) is 4.06. The molecule has 0 amide bonds. The average molecular weight is 333 g/mol. The van der Waals surface area contributed by atoms with E-state index in [0.717, 1.165) is 41.2 Å². The maximum absolute atomic E-state index is 9.57. The van der Waals surface area contributed by atoms with Crippen LogP contribution in [-0.4, -0.2) is 40.0 Å². The summed E-state index contributed by atoms with van der Waals surface area (Å²) in [5.74, 6) is 1.02. The average Bonchev–Trinajstić information content (AvgIpc) is 3.23. The van der Waals surface area contributed by atoms with E-state index in [1.54, 1.807) is 0 Å². The lowest BCUT2D eigenvalue weighted by atomic mass is 10.1. The minimum Gasteiger partial charge on any atom is -0.370 e. The summed E-state index contributed by atoms with van der Waals surface area (Å²) in [5.41, 5.74) is 4.31. The summed E-state index contributed by atoms with van der Waals surface area (Å²) < 4.78 is 2.09. The minimum atomic E-state index is 0.575. The summed E-state index contributed by atoms with van der Waals surface area (Å²) in [7, 11) is 0. The van der Waals surface area contributed by atoms with Crippen molar-refractivity contribution >= 4 is 22.5 Å². The number of likely N-dealkylation sites (tertiary alicyclic amines) is 1. The van der Waals surface area contributed by atoms with Crippen LogP contribution >= 0.6 is 0 Å². The van der Waals surface area contributed by atoms with Crippen LogP contribution < -0.4 is 5.32 Å². The van der Waals surface area contributed by atoms with Gasteiger partial charge in [-0.2, -0.15) is 5.26 Å². The third-order valence-corrected chi connectivity index (χ3v) is 5.31. The lowest BCUT2D eigenvalue weighted by Gasteiger charge is -2.24. The molecule has 1 aliphatic heterocycles. The number of anilines is 1. The molecule has 1 fully saturated rings. The number of imidazole rings is 1. The van der Waals surface area contributed by atoms with Gasteiger partial charge >= 0.3 is 0 Å². The van der Waals surface area contributed by atoms with Crippen molar-refractivity contribution in [1.82, 2.24) is 14.3 Å². The molecule has 0 aliphatic carbocycles. The third kappa shape index (κ3) is 2.63. The van der Waals surface area contributed by atoms with Gasteiger partial charge in [0.25, 0.3) is 0 Å². The zero-order valence-corrected chi connectivity index (χ0v) is 14.8. The second-order valence-corrected chi connectivity index (χ2v) is 6.76. The maximum Gasteiger partial charge on any atom is 0.157 e. The molecule has 0 saturated carbocycles. The SMILES string of the molecule is CCN1CCC[C@H]1CNc1cc(C)c(C#N)c2nc3ccccc3n12. The van der Waals surface area contributed by atoms with Crippen LogP contribution in [0.15, 0.2) is 30.3 Å². The second kappa shape index (κ2) is 6.38. The van der Waals surface area contributed by atoms with Crippen LogP contribution in [0.1, 0.15) is 30.9 Å². The summed E-state index contributed by atoms with van der Waals surface area (Å²) in [5, 5.41) is 13.2. The van der Waals surface area contributed by atoms with E-state index in [1.165, 1.54) is 19.4 Å². The fourth-order valence-electron chi connectivity index (χ4n) is 3.99. The topological polar surface area (TPSA) is 56.4 Å². The van der Waals surface area contributed by atoms with Gasteiger partial charge < -0.3 is 5.32 Å². The quantitative estimate of drug-likeness (QED) is 0.793. The summed E-state index contributed by atoms with van der Waals surface area (Å²) in [4.78, 5) is 7.24. The zero-order chi connectivity index (χ0) is 17.4. The van der Waals surface area contributed by atoms with Gasteiger partial charge in [0.15, 0.2) is 5.65 Å². The van der Waals surface area contributed by atoms with Crippen LogP contribution in [0.3, 0.4) is 0 Å². The van der Waals surface area contributed by atoms with Gasteiger partial charge in [-0.15, -0.1) is 0 Å². The van der Waals surface area contributed by atoms with E-state index in [0.29, 0.717) is 11.6 Å². The number of para-hydroxylation sites is 2. The van der Waals surface area contributed by atoms with Gasteiger partial charge in [0.1, 0.15) is 11.9 Å². The second-order valence-electron chi connectivity index (χ2n) is 6.76. The van der Waals surface area contributed by atoms with E-state index in [9.17, 15) is 5.26 Å². The first kappa shape index (κ1) is 15.9. The van der Waals surface area contributed by atoms with Crippen LogP contribution in [0.25, 0.3) is 16.7 Å². The highest BCUT2D eigenvalue weighted by Gasteiger charge is 2.23. The molecule has 0 radical (unpaired) electrons. The first-order chi connectivity index (χ1) is 12.2. The van der Waals surface area contributed by atoms with Crippen LogP contribution in [0.4, 0.5) is 5.82 Å². The fraction of sp³-hybridized carbons (Fsp3) is 0.400. The number of rotatable bonds is 4. The first-order valence-corrected chi connectivity index (χ1v) is 9.01. The van der Waals surface area contributed by atoms with Crippen molar-refractivity contribution in [1.29, 1.82) is 5.26 Å². The Balaban J connectivity index is 1.79. The van der Waals surface area contributed by atoms with Crippen molar-refractivity contribution in [2.45, 2.75) is 32.7 Å². The van der Waals surface area contributed by atoms with Crippen molar-refractivity contribution in [3.63, 3.8) is 0 Å². The number of benzene rings is 1. The van der Waals surface area contributed by atoms with E-state index in [2.05, 4.69) is 39.7 Å². The van der Waals surface area contributed by atoms with E-state index in [4.69, 9.17) is 4.98 Å². The Labute approximate surface area is 147 Å². The van der Waals surface area contributed by atoms with Gasteiger partial charge in [-0.05, 0) is 56.6 Å². The van der Waals surface area contributed by atoms with Gasteiger partial charge in [-0.25, -0.2) is 4.98 Å². The Morgan fingerprint density at radius 2 is 2.20 bits per heavy atom. The molecule has 4 rings (SSSR count). The molecular weight excluding hydrogens is 310 g/mol. The molecule has 5 heteroatoms. The van der Waals surface area contributed by atoms with Crippen molar-refractivity contribution < 1.29 is 0 Å². The number of nitriles is 1. The number of hydrogen-bond donors (Lipinski definition) is 1. The molecule has 0 unspecified atom stereocenters. The highest BCUT2D eigenvalue weighted by molar-refractivity contribution is 5.85. The van der Waals surface area contributed by atoms with Gasteiger partial charge in [0.05, 0.1) is 16.6 Å². The maximum atomic E-state index is 9.57. The molecule has 1 aromatic carbocycles. The predicted molar refractivity (Wildman–Crippen MR) is 101 cm³/mol. The molecule has 25 heavy (non-hydrogen) atoms. The van der Waals surface area contributed by atoms with Gasteiger partial charge in [-0.1, -0.05) is 19.1 Å². The number of aryl methyl sites for hydroxylation is 1. The Bertz CT molecular complexity index is 966. The largest absolute Gasteiger partial charge is 0.370 e.